The SMILES string of the molecule is CN1CCCC1c1cc(C(=O)N2CCCCC2c2nc3ccccc3[nH]2)n[nH]1. The van der Waals surface area contributed by atoms with Crippen molar-refractivity contribution in [2.24, 2.45) is 0 Å². The van der Waals surface area contributed by atoms with E-state index in [4.69, 9.17) is 4.98 Å². The molecule has 4 heterocycles. The first kappa shape index (κ1) is 17.4. The van der Waals surface area contributed by atoms with Crippen molar-refractivity contribution >= 4 is 16.9 Å². The quantitative estimate of drug-likeness (QED) is 0.732. The number of carbonyl (C=O) groups is 1. The standard InChI is InChI=1S/C21H26N6O/c1-26-11-6-10-18(26)16-13-17(25-24-16)21(28)27-12-5-4-9-19(27)20-22-14-7-2-3-8-15(14)23-20/h2-3,7-8,13,18-19H,4-6,9-12H2,1H3,(H,22,23)(H,24,25). The Morgan fingerprint density at radius 3 is 2.79 bits per heavy atom. The lowest BCUT2D eigenvalue weighted by molar-refractivity contribution is 0.0595. The monoisotopic (exact) mass is 378 g/mol. The second-order valence-electron chi connectivity index (χ2n) is 8.00. The maximum absolute atomic E-state index is 13.3. The maximum atomic E-state index is 13.3. The highest BCUT2D eigenvalue weighted by Crippen LogP contribution is 2.33. The van der Waals surface area contributed by atoms with Gasteiger partial charge in [0.05, 0.1) is 28.8 Å². The van der Waals surface area contributed by atoms with Gasteiger partial charge in [-0.1, -0.05) is 12.1 Å². The number of H-pyrrole nitrogens is 2. The molecule has 2 saturated heterocycles. The smallest absolute Gasteiger partial charge is 0.274 e. The number of carbonyl (C=O) groups excluding carboxylic acids is 1. The maximum Gasteiger partial charge on any atom is 0.274 e. The molecule has 2 fully saturated rings. The number of piperidine rings is 1. The molecule has 28 heavy (non-hydrogen) atoms. The molecule has 0 saturated carbocycles. The first-order valence-corrected chi connectivity index (χ1v) is 10.2. The van der Waals surface area contributed by atoms with Crippen molar-refractivity contribution < 1.29 is 4.79 Å². The number of aromatic nitrogens is 4. The summed E-state index contributed by atoms with van der Waals surface area (Å²) in [7, 11) is 2.13. The summed E-state index contributed by atoms with van der Waals surface area (Å²) in [6.07, 6.45) is 5.34. The molecule has 0 radical (unpaired) electrons. The van der Waals surface area contributed by atoms with E-state index in [1.54, 1.807) is 0 Å². The Bertz CT molecular complexity index is 959. The van der Waals surface area contributed by atoms with Crippen LogP contribution in [0.4, 0.5) is 0 Å². The second-order valence-corrected chi connectivity index (χ2v) is 8.00. The van der Waals surface area contributed by atoms with Gasteiger partial charge in [0.25, 0.3) is 5.91 Å². The Labute approximate surface area is 164 Å². The Balaban J connectivity index is 1.41. The summed E-state index contributed by atoms with van der Waals surface area (Å²) in [6, 6.07) is 10.3. The normalized spacial score (nSPS) is 23.5. The van der Waals surface area contributed by atoms with E-state index in [9.17, 15) is 4.79 Å². The lowest BCUT2D eigenvalue weighted by Gasteiger charge is -2.34. The van der Waals surface area contributed by atoms with Gasteiger partial charge in [0.15, 0.2) is 0 Å². The average molecular weight is 378 g/mol. The molecule has 2 atom stereocenters. The summed E-state index contributed by atoms with van der Waals surface area (Å²) >= 11 is 0. The lowest BCUT2D eigenvalue weighted by Crippen LogP contribution is -2.39. The van der Waals surface area contributed by atoms with Gasteiger partial charge >= 0.3 is 0 Å². The predicted octanol–water partition coefficient (Wildman–Crippen LogP) is 3.42. The highest BCUT2D eigenvalue weighted by Gasteiger charge is 2.33. The number of hydrogen-bond donors (Lipinski definition) is 2. The number of likely N-dealkylation sites (tertiary alicyclic amines) is 2. The fourth-order valence-electron chi connectivity index (χ4n) is 4.66. The molecule has 2 aliphatic rings. The Kier molecular flexibility index (Phi) is 4.39. The summed E-state index contributed by atoms with van der Waals surface area (Å²) < 4.78 is 0. The molecule has 3 aromatic rings. The molecule has 2 aromatic heterocycles. The minimum Gasteiger partial charge on any atom is -0.340 e. The number of rotatable bonds is 3. The molecule has 0 aliphatic carbocycles. The fourth-order valence-corrected chi connectivity index (χ4v) is 4.66. The van der Waals surface area contributed by atoms with Crippen LogP contribution in [0.15, 0.2) is 30.3 Å². The zero-order chi connectivity index (χ0) is 19.1. The molecule has 0 spiro atoms. The van der Waals surface area contributed by atoms with Crippen molar-refractivity contribution in [3.63, 3.8) is 0 Å². The molecule has 146 valence electrons. The van der Waals surface area contributed by atoms with Gasteiger partial charge in [-0.3, -0.25) is 14.8 Å². The topological polar surface area (TPSA) is 80.9 Å². The zero-order valence-corrected chi connectivity index (χ0v) is 16.2. The highest BCUT2D eigenvalue weighted by atomic mass is 16.2. The van der Waals surface area contributed by atoms with Crippen LogP contribution in [0, 0.1) is 0 Å². The van der Waals surface area contributed by atoms with Gasteiger partial charge in [-0.25, -0.2) is 4.98 Å². The molecule has 7 nitrogen and oxygen atoms in total. The van der Waals surface area contributed by atoms with E-state index >= 15 is 0 Å². The molecular weight excluding hydrogens is 352 g/mol. The highest BCUT2D eigenvalue weighted by molar-refractivity contribution is 5.92. The van der Waals surface area contributed by atoms with Crippen LogP contribution in [0.1, 0.15) is 66.2 Å². The van der Waals surface area contributed by atoms with Crippen LogP contribution in [-0.4, -0.2) is 56.0 Å². The third kappa shape index (κ3) is 2.99. The van der Waals surface area contributed by atoms with Gasteiger partial charge < -0.3 is 9.88 Å². The molecule has 1 amide bonds. The van der Waals surface area contributed by atoms with Crippen LogP contribution in [0.5, 0.6) is 0 Å². The molecule has 5 rings (SSSR count). The molecule has 2 aliphatic heterocycles. The number of nitrogens with zero attached hydrogens (tertiary/aromatic N) is 4. The summed E-state index contributed by atoms with van der Waals surface area (Å²) in [6.45, 7) is 1.83. The number of amides is 1. The van der Waals surface area contributed by atoms with Crippen LogP contribution in [0.3, 0.4) is 0 Å². The van der Waals surface area contributed by atoms with E-state index in [2.05, 4.69) is 27.1 Å². The average Bonchev–Trinajstić information content (AvgIpc) is 3.46. The van der Waals surface area contributed by atoms with Crippen molar-refractivity contribution in [3.05, 3.63) is 47.5 Å². The Hall–Kier alpha value is -2.67. The Morgan fingerprint density at radius 2 is 1.96 bits per heavy atom. The minimum absolute atomic E-state index is 0.00620. The van der Waals surface area contributed by atoms with Crippen molar-refractivity contribution in [1.82, 2.24) is 30.0 Å². The summed E-state index contributed by atoms with van der Waals surface area (Å²) in [5.41, 5.74) is 3.52. The number of fused-ring (bicyclic) bond motifs is 1. The zero-order valence-electron chi connectivity index (χ0n) is 16.2. The molecule has 7 heteroatoms. The van der Waals surface area contributed by atoms with Crippen molar-refractivity contribution in [2.75, 3.05) is 20.1 Å². The summed E-state index contributed by atoms with van der Waals surface area (Å²) in [4.78, 5) is 25.7. The van der Waals surface area contributed by atoms with E-state index in [0.717, 1.165) is 61.3 Å². The van der Waals surface area contributed by atoms with Crippen LogP contribution >= 0.6 is 0 Å². The lowest BCUT2D eigenvalue weighted by atomic mass is 10.0. The number of para-hydroxylation sites is 2. The van der Waals surface area contributed by atoms with Gasteiger partial charge in [-0.15, -0.1) is 0 Å². The number of aromatic amines is 2. The third-order valence-electron chi connectivity index (χ3n) is 6.18. The molecule has 2 unspecified atom stereocenters. The number of benzene rings is 1. The number of imidazole rings is 1. The van der Waals surface area contributed by atoms with Crippen LogP contribution in [0.2, 0.25) is 0 Å². The second kappa shape index (κ2) is 7.05. The molecule has 0 bridgehead atoms. The van der Waals surface area contributed by atoms with Crippen LogP contribution < -0.4 is 0 Å². The van der Waals surface area contributed by atoms with Gasteiger partial charge in [0.2, 0.25) is 0 Å². The van der Waals surface area contributed by atoms with Gasteiger partial charge in [0, 0.05) is 6.54 Å². The first-order chi connectivity index (χ1) is 13.7. The van der Waals surface area contributed by atoms with Gasteiger partial charge in [-0.05, 0) is 63.9 Å². The summed E-state index contributed by atoms with van der Waals surface area (Å²) in [5.74, 6) is 0.869. The predicted molar refractivity (Wildman–Crippen MR) is 107 cm³/mol. The molecule has 1 aromatic carbocycles. The van der Waals surface area contributed by atoms with Crippen LogP contribution in [-0.2, 0) is 0 Å². The van der Waals surface area contributed by atoms with E-state index in [1.807, 2.05) is 35.2 Å². The van der Waals surface area contributed by atoms with E-state index in [-0.39, 0.29) is 11.9 Å². The molecular formula is C21H26N6O. The van der Waals surface area contributed by atoms with Gasteiger partial charge in [0.1, 0.15) is 11.5 Å². The van der Waals surface area contributed by atoms with Crippen molar-refractivity contribution in [3.8, 4) is 0 Å². The number of hydrogen-bond acceptors (Lipinski definition) is 4. The van der Waals surface area contributed by atoms with Crippen LogP contribution in [0.25, 0.3) is 11.0 Å². The summed E-state index contributed by atoms with van der Waals surface area (Å²) in [5, 5.41) is 7.48. The van der Waals surface area contributed by atoms with E-state index < -0.39 is 0 Å². The molecule has 2 N–H and O–H groups in total. The largest absolute Gasteiger partial charge is 0.340 e. The van der Waals surface area contributed by atoms with Crippen molar-refractivity contribution in [2.45, 2.75) is 44.2 Å². The van der Waals surface area contributed by atoms with Crippen molar-refractivity contribution in [1.29, 1.82) is 0 Å². The first-order valence-electron chi connectivity index (χ1n) is 10.2. The Morgan fingerprint density at radius 1 is 1.11 bits per heavy atom. The van der Waals surface area contributed by atoms with Gasteiger partial charge in [-0.2, -0.15) is 5.10 Å². The minimum atomic E-state index is -0.0250. The van der Waals surface area contributed by atoms with E-state index in [1.165, 1.54) is 6.42 Å². The number of nitrogens with one attached hydrogen (secondary N) is 2. The fraction of sp³-hybridized carbons (Fsp3) is 0.476. The third-order valence-corrected chi connectivity index (χ3v) is 6.18. The van der Waals surface area contributed by atoms with E-state index in [0.29, 0.717) is 11.7 Å².